The number of aliphatic hydroxyl groups is 2. The number of rotatable bonds is 25. The smallest absolute Gasteiger partial charge is 0.338 e. The van der Waals surface area contributed by atoms with Crippen LogP contribution in [-0.2, 0) is 32.5 Å². The van der Waals surface area contributed by atoms with Gasteiger partial charge in [-0.15, -0.1) is 0 Å². The van der Waals surface area contributed by atoms with Gasteiger partial charge in [0.15, 0.2) is 19.9 Å². The SMILES string of the molecule is Cc1cc(C)c(C(=O)O)c(/C=C/C[C@@H]2OC(C)(C)O[C@@H]2C(O)/C=C\[C@@H](C)[C@H](C)O)c1.Cc1cc(C)c(C(=O)OCC[Si](C)(C)C)c(/C=C/C[C@@H]2OC(C)(C)O[C@@H]2C(/C=C\[C@@H](C)[C@H](C)O[Si](c2ccccc2)(c2ccccc2)C(C)(C)C)O[Si](C)(C)C(C)(C)C)c1. The van der Waals surface area contributed by atoms with Gasteiger partial charge < -0.3 is 47.9 Å². The lowest BCUT2D eigenvalue weighted by molar-refractivity contribution is -0.152. The molecule has 0 amide bonds. The summed E-state index contributed by atoms with van der Waals surface area (Å²) in [4.78, 5) is 25.1. The molecule has 0 bridgehead atoms. The molecule has 0 saturated carbocycles. The Balaban J connectivity index is 0.000000410. The number of hydrogen-bond acceptors (Lipinski definition) is 11. The second-order valence-corrected chi connectivity index (χ2v) is 44.6. The predicted octanol–water partition coefficient (Wildman–Crippen LogP) is 16.1. The highest BCUT2D eigenvalue weighted by molar-refractivity contribution is 6.99. The zero-order chi connectivity index (χ0) is 67.5. The third kappa shape index (κ3) is 20.8. The first kappa shape index (κ1) is 75.8. The van der Waals surface area contributed by atoms with Crippen molar-refractivity contribution >= 4 is 59.2 Å². The first-order valence-electron chi connectivity index (χ1n) is 32.5. The molecule has 0 radical (unpaired) electrons. The number of carboxylic acid groups (broad SMARTS) is 1. The third-order valence-corrected chi connectivity index (χ3v) is 29.0. The molecule has 0 aromatic heterocycles. The lowest BCUT2D eigenvalue weighted by Gasteiger charge is -2.45. The van der Waals surface area contributed by atoms with E-state index in [0.717, 1.165) is 33.9 Å². The van der Waals surface area contributed by atoms with E-state index in [0.29, 0.717) is 30.6 Å². The van der Waals surface area contributed by atoms with Gasteiger partial charge in [0.05, 0.1) is 42.1 Å². The summed E-state index contributed by atoms with van der Waals surface area (Å²) in [5.41, 5.74) is 6.13. The second-order valence-electron chi connectivity index (χ2n) is 29.9. The summed E-state index contributed by atoms with van der Waals surface area (Å²) in [6.45, 7) is 49.1. The van der Waals surface area contributed by atoms with E-state index in [1.807, 2.05) is 58.9 Å². The van der Waals surface area contributed by atoms with Crippen LogP contribution in [0.2, 0.25) is 48.9 Å². The molecule has 4 aromatic carbocycles. The Kier molecular flexibility index (Phi) is 26.4. The van der Waals surface area contributed by atoms with Crippen molar-refractivity contribution < 1.29 is 57.4 Å². The first-order valence-corrected chi connectivity index (χ1v) is 41.0. The van der Waals surface area contributed by atoms with Gasteiger partial charge in [0.1, 0.15) is 18.3 Å². The molecule has 2 aliphatic rings. The molecule has 3 N–H and O–H groups in total. The zero-order valence-electron chi connectivity index (χ0n) is 58.8. The monoisotopic (exact) mass is 1290 g/mol. The highest BCUT2D eigenvalue weighted by Crippen LogP contribution is 2.42. The molecule has 6 rings (SSSR count). The van der Waals surface area contributed by atoms with E-state index < -0.39 is 66.7 Å². The number of carboxylic acids is 1. The molecule has 0 spiro atoms. The summed E-state index contributed by atoms with van der Waals surface area (Å²) < 4.78 is 46.0. The molecule has 2 unspecified atom stereocenters. The topological polar surface area (TPSA) is 159 Å². The van der Waals surface area contributed by atoms with Crippen LogP contribution in [0.5, 0.6) is 0 Å². The number of aliphatic hydroxyl groups excluding tert-OH is 2. The standard InChI is InChI=1S/C51H78O6Si3.C24H34O6/c1-37-35-39(3)46(48(52)53-33-34-58(13,14)15)41(36-37)25-24-30-44-47(55-51(11,12)54-44)45(57-59(16,17)49(5,6)7)32-31-38(2)40(4)56-60(50(8,9)10,42-26-20-18-21-27-42)43-28-22-19-23-29-43;1-14-12-16(3)21(23(27)28)18(13-14)8-7-9-20-22(30-24(5,6)29-20)19(26)11-10-15(2)17(4)25/h18-29,31-32,35-36,38,40,44-45,47H,30,33-34H2,1-17H3;7-8,10-13,15,17,19-20,22,25-26H,9H2,1-6H3,(H,27,28)/b25-24+,32-31-;8-7+,11-10-/t38-,40+,44+,45?,47+;15-,17+,19?,20+,22-/m11/s1. The number of hydrogen-bond donors (Lipinski definition) is 3. The number of aryl methyl sites for hydroxylation is 4. The van der Waals surface area contributed by atoms with Crippen molar-refractivity contribution in [1.29, 1.82) is 0 Å². The van der Waals surface area contributed by atoms with E-state index in [1.54, 1.807) is 45.9 Å². The Labute approximate surface area is 544 Å². The van der Waals surface area contributed by atoms with Crippen molar-refractivity contribution in [1.82, 2.24) is 0 Å². The Bertz CT molecular complexity index is 3070. The van der Waals surface area contributed by atoms with Gasteiger partial charge >= 0.3 is 11.9 Å². The van der Waals surface area contributed by atoms with Crippen LogP contribution in [-0.4, -0.2) is 119 Å². The number of aromatic carboxylic acids is 1. The number of carbonyl (C=O) groups is 2. The van der Waals surface area contributed by atoms with Crippen LogP contribution in [0.15, 0.2) is 121 Å². The molecule has 2 fully saturated rings. The van der Waals surface area contributed by atoms with Crippen LogP contribution in [0.3, 0.4) is 0 Å². The van der Waals surface area contributed by atoms with Crippen molar-refractivity contribution in [2.24, 2.45) is 11.8 Å². The Morgan fingerprint density at radius 3 is 1.51 bits per heavy atom. The van der Waals surface area contributed by atoms with Gasteiger partial charge in [0, 0.05) is 14.2 Å². The van der Waals surface area contributed by atoms with Gasteiger partial charge in [-0.05, 0) is 156 Å². The van der Waals surface area contributed by atoms with Crippen LogP contribution in [0.4, 0.5) is 0 Å². The number of ether oxygens (including phenoxy) is 5. The number of benzene rings is 4. The van der Waals surface area contributed by atoms with Gasteiger partial charge in [0.2, 0.25) is 0 Å². The highest BCUT2D eigenvalue weighted by Gasteiger charge is 2.52. The van der Waals surface area contributed by atoms with Crippen LogP contribution in [0.25, 0.3) is 12.2 Å². The Hall–Kier alpha value is -4.89. The van der Waals surface area contributed by atoms with Gasteiger partial charge in [-0.25, -0.2) is 9.59 Å². The average Bonchev–Trinajstić information content (AvgIpc) is 0.999. The summed E-state index contributed by atoms with van der Waals surface area (Å²) in [6.07, 6.45) is 13.3. The maximum Gasteiger partial charge on any atom is 0.338 e. The summed E-state index contributed by atoms with van der Waals surface area (Å²) in [7, 11) is -6.39. The van der Waals surface area contributed by atoms with Crippen molar-refractivity contribution in [2.45, 2.75) is 247 Å². The number of esters is 1. The van der Waals surface area contributed by atoms with Crippen molar-refractivity contribution in [3.8, 4) is 0 Å². The van der Waals surface area contributed by atoms with E-state index in [1.165, 1.54) is 10.4 Å². The lowest BCUT2D eigenvalue weighted by atomic mass is 9.97. The fourth-order valence-electron chi connectivity index (χ4n) is 11.5. The van der Waals surface area contributed by atoms with Crippen LogP contribution < -0.4 is 10.4 Å². The largest absolute Gasteiger partial charge is 0.478 e. The van der Waals surface area contributed by atoms with E-state index in [2.05, 4.69) is 186 Å². The zero-order valence-corrected chi connectivity index (χ0v) is 61.8. The predicted molar refractivity (Wildman–Crippen MR) is 377 cm³/mol. The molecule has 2 aliphatic heterocycles. The van der Waals surface area contributed by atoms with Crippen LogP contribution >= 0.6 is 0 Å². The summed E-state index contributed by atoms with van der Waals surface area (Å²) in [6, 6.07) is 30.4. The Morgan fingerprint density at radius 2 is 1.06 bits per heavy atom. The summed E-state index contributed by atoms with van der Waals surface area (Å²) in [5, 5.41) is 32.2. The van der Waals surface area contributed by atoms with Gasteiger partial charge in [-0.1, -0.05) is 220 Å². The molecule has 10 atom stereocenters. The Morgan fingerprint density at radius 1 is 0.600 bits per heavy atom. The highest BCUT2D eigenvalue weighted by atomic mass is 28.4. The fraction of sp³-hybridized carbons (Fsp3) is 0.547. The van der Waals surface area contributed by atoms with Gasteiger partial charge in [-0.2, -0.15) is 0 Å². The van der Waals surface area contributed by atoms with Crippen molar-refractivity contribution in [2.75, 3.05) is 6.61 Å². The minimum Gasteiger partial charge on any atom is -0.478 e. The minimum atomic E-state index is -2.76. The van der Waals surface area contributed by atoms with E-state index >= 15 is 0 Å². The minimum absolute atomic E-state index is 0.0160. The molecule has 12 nitrogen and oxygen atoms in total. The molecule has 2 heterocycles. The molecule has 15 heteroatoms. The van der Waals surface area contributed by atoms with Gasteiger partial charge in [-0.3, -0.25) is 0 Å². The van der Waals surface area contributed by atoms with Crippen LogP contribution in [0, 0.1) is 39.5 Å². The van der Waals surface area contributed by atoms with Crippen LogP contribution in [0.1, 0.15) is 164 Å². The van der Waals surface area contributed by atoms with Crippen molar-refractivity contribution in [3.63, 3.8) is 0 Å². The molecule has 496 valence electrons. The summed E-state index contributed by atoms with van der Waals surface area (Å²) in [5.74, 6) is -2.88. The molecular formula is C75H112O12Si3. The molecule has 2 saturated heterocycles. The van der Waals surface area contributed by atoms with E-state index in [4.69, 9.17) is 32.5 Å². The maximum absolute atomic E-state index is 13.5. The third-order valence-electron chi connectivity index (χ3n) is 17.7. The van der Waals surface area contributed by atoms with Gasteiger partial charge in [0.25, 0.3) is 8.32 Å². The quantitative estimate of drug-likeness (QED) is 0.0328. The molecule has 4 aromatic rings. The molecule has 0 aliphatic carbocycles. The fourth-order valence-corrected chi connectivity index (χ4v) is 18.2. The summed E-state index contributed by atoms with van der Waals surface area (Å²) >= 11 is 0. The number of carbonyl (C=O) groups excluding carboxylic acids is 1. The lowest BCUT2D eigenvalue weighted by Crippen LogP contribution is -2.67. The second kappa shape index (κ2) is 31.4. The average molecular weight is 1290 g/mol. The van der Waals surface area contributed by atoms with Crippen molar-refractivity contribution in [3.05, 3.63) is 166 Å². The maximum atomic E-state index is 13.5. The van der Waals surface area contributed by atoms with E-state index in [9.17, 15) is 24.9 Å². The van der Waals surface area contributed by atoms with E-state index in [-0.39, 0.29) is 57.9 Å². The first-order chi connectivity index (χ1) is 41.6. The molecule has 90 heavy (non-hydrogen) atoms. The normalized spacial score (nSPS) is 21.1. The molecular weight excluding hydrogens is 1180 g/mol.